The molecule has 0 radical (unpaired) electrons. The van der Waals surface area contributed by atoms with Gasteiger partial charge in [-0.2, -0.15) is 0 Å². The van der Waals surface area contributed by atoms with E-state index < -0.39 is 0 Å². The molecule has 1 atom stereocenters. The minimum Gasteiger partial charge on any atom is -0.326 e. The second kappa shape index (κ2) is 6.05. The third kappa shape index (κ3) is 2.74. The van der Waals surface area contributed by atoms with E-state index in [0.717, 1.165) is 0 Å². The van der Waals surface area contributed by atoms with Crippen molar-refractivity contribution in [3.8, 4) is 0 Å². The average molecular weight is 300 g/mol. The maximum atomic E-state index is 3.67. The van der Waals surface area contributed by atoms with Gasteiger partial charge in [-0.05, 0) is 97.5 Å². The van der Waals surface area contributed by atoms with Crippen LogP contribution in [0.3, 0.4) is 0 Å². The molecule has 1 fully saturated rings. The lowest BCUT2D eigenvalue weighted by Gasteiger charge is -2.15. The van der Waals surface area contributed by atoms with Crippen molar-refractivity contribution in [3.63, 3.8) is 0 Å². The van der Waals surface area contributed by atoms with E-state index in [1.54, 1.807) is 34.2 Å². The Morgan fingerprint density at radius 2 is 1.81 bits per heavy atom. The molecule has 0 aromatic heterocycles. The second-order valence-corrected chi connectivity index (χ2v) is 7.20. The fourth-order valence-electron chi connectivity index (χ4n) is 4.04. The van der Waals surface area contributed by atoms with Crippen molar-refractivity contribution in [2.45, 2.75) is 57.4 Å². The Kier molecular flexibility index (Phi) is 3.95. The lowest BCUT2D eigenvalue weighted by Crippen LogP contribution is -2.17. The molecule has 0 saturated carbocycles. The average Bonchev–Trinajstić information content (AvgIpc) is 3.22. The second-order valence-electron chi connectivity index (χ2n) is 6.49. The fourth-order valence-corrected chi connectivity index (χ4v) is 4.74. The molecule has 1 saturated heterocycles. The first-order valence-electron chi connectivity index (χ1n) is 8.40. The molecule has 0 amide bonds. The van der Waals surface area contributed by atoms with E-state index in [9.17, 15) is 0 Å². The summed E-state index contributed by atoms with van der Waals surface area (Å²) < 4.78 is 3.67. The summed E-state index contributed by atoms with van der Waals surface area (Å²) in [4.78, 5) is 0. The molecule has 1 aromatic carbocycles. The van der Waals surface area contributed by atoms with E-state index in [1.807, 2.05) is 0 Å². The highest BCUT2D eigenvalue weighted by atomic mass is 32.2. The quantitative estimate of drug-likeness (QED) is 0.822. The van der Waals surface area contributed by atoms with E-state index in [4.69, 9.17) is 0 Å². The van der Waals surface area contributed by atoms with Crippen LogP contribution in [0, 0.1) is 0 Å². The SMILES string of the molecule is C(=C\C1CCCN1)/SNc1c2c(cc3c1CCC3)CCC2. The molecule has 3 aliphatic rings. The van der Waals surface area contributed by atoms with Gasteiger partial charge < -0.3 is 10.0 Å². The number of benzene rings is 1. The highest BCUT2D eigenvalue weighted by Crippen LogP contribution is 2.39. The van der Waals surface area contributed by atoms with Crippen molar-refractivity contribution >= 4 is 17.6 Å². The van der Waals surface area contributed by atoms with Crippen LogP contribution in [0.2, 0.25) is 0 Å². The van der Waals surface area contributed by atoms with Crippen LogP contribution in [0.4, 0.5) is 5.69 Å². The zero-order valence-electron chi connectivity index (χ0n) is 12.6. The standard InChI is InChI=1S/C18H24N2S/c1-4-13-12-14-5-2-8-17(14)18(16(13)7-1)20-21-11-9-15-6-3-10-19-15/h9,11-12,15,19-20H,1-8,10H2/b11-9+. The first-order chi connectivity index (χ1) is 10.4. The smallest absolute Gasteiger partial charge is 0.0512 e. The van der Waals surface area contributed by atoms with Crippen molar-refractivity contribution in [1.29, 1.82) is 0 Å². The first kappa shape index (κ1) is 13.7. The number of fused-ring (bicyclic) bond motifs is 2. The summed E-state index contributed by atoms with van der Waals surface area (Å²) in [5, 5.41) is 5.75. The van der Waals surface area contributed by atoms with Gasteiger partial charge in [0.15, 0.2) is 0 Å². The van der Waals surface area contributed by atoms with E-state index in [0.29, 0.717) is 6.04 Å². The van der Waals surface area contributed by atoms with E-state index in [2.05, 4.69) is 27.6 Å². The number of nitrogens with one attached hydrogen (secondary N) is 2. The topological polar surface area (TPSA) is 24.1 Å². The summed E-state index contributed by atoms with van der Waals surface area (Å²) >= 11 is 1.75. The van der Waals surface area contributed by atoms with Crippen molar-refractivity contribution in [2.24, 2.45) is 0 Å². The van der Waals surface area contributed by atoms with Crippen molar-refractivity contribution in [2.75, 3.05) is 11.3 Å². The number of aryl methyl sites for hydroxylation is 2. The molecule has 1 aliphatic heterocycles. The molecule has 2 nitrogen and oxygen atoms in total. The van der Waals surface area contributed by atoms with Gasteiger partial charge in [-0.25, -0.2) is 0 Å². The van der Waals surface area contributed by atoms with Gasteiger partial charge in [-0.1, -0.05) is 12.1 Å². The van der Waals surface area contributed by atoms with Crippen LogP contribution in [0.25, 0.3) is 0 Å². The predicted octanol–water partition coefficient (Wildman–Crippen LogP) is 3.99. The van der Waals surface area contributed by atoms with Gasteiger partial charge in [0.05, 0.1) is 5.69 Å². The van der Waals surface area contributed by atoms with Crippen LogP contribution in [-0.4, -0.2) is 12.6 Å². The molecule has 0 spiro atoms. The molecule has 112 valence electrons. The lowest BCUT2D eigenvalue weighted by atomic mass is 9.99. The predicted molar refractivity (Wildman–Crippen MR) is 91.9 cm³/mol. The Labute approximate surface area is 131 Å². The van der Waals surface area contributed by atoms with Gasteiger partial charge in [0.2, 0.25) is 0 Å². The molecule has 1 heterocycles. The molecule has 1 aromatic rings. The molecule has 0 bridgehead atoms. The first-order valence-corrected chi connectivity index (χ1v) is 9.28. The van der Waals surface area contributed by atoms with Gasteiger partial charge in [0, 0.05) is 6.04 Å². The summed E-state index contributed by atoms with van der Waals surface area (Å²) in [7, 11) is 0. The van der Waals surface area contributed by atoms with Gasteiger partial charge >= 0.3 is 0 Å². The third-order valence-electron chi connectivity index (χ3n) is 5.11. The van der Waals surface area contributed by atoms with Gasteiger partial charge in [-0.3, -0.25) is 0 Å². The Bertz CT molecular complexity index is 527. The molecule has 1 unspecified atom stereocenters. The van der Waals surface area contributed by atoms with Gasteiger partial charge in [0.1, 0.15) is 0 Å². The molecule has 2 aliphatic carbocycles. The Morgan fingerprint density at radius 1 is 1.05 bits per heavy atom. The minimum atomic E-state index is 0.589. The molecule has 4 rings (SSSR count). The monoisotopic (exact) mass is 300 g/mol. The molecule has 2 N–H and O–H groups in total. The highest BCUT2D eigenvalue weighted by molar-refractivity contribution is 8.03. The molecular weight excluding hydrogens is 276 g/mol. The molecular formula is C18H24N2S. The lowest BCUT2D eigenvalue weighted by molar-refractivity contribution is 0.728. The van der Waals surface area contributed by atoms with Crippen LogP contribution < -0.4 is 10.0 Å². The normalized spacial score (nSPS) is 23.7. The fraction of sp³-hybridized carbons (Fsp3) is 0.556. The van der Waals surface area contributed by atoms with Crippen LogP contribution in [-0.2, 0) is 25.7 Å². The maximum Gasteiger partial charge on any atom is 0.0512 e. The summed E-state index contributed by atoms with van der Waals surface area (Å²) in [5.74, 6) is 0. The van der Waals surface area contributed by atoms with Gasteiger partial charge in [-0.15, -0.1) is 0 Å². The van der Waals surface area contributed by atoms with Crippen LogP contribution in [0.15, 0.2) is 17.6 Å². The van der Waals surface area contributed by atoms with E-state index in [1.165, 1.54) is 63.6 Å². The molecule has 3 heteroatoms. The zero-order chi connectivity index (χ0) is 14.1. The Balaban J connectivity index is 1.49. The molecule has 21 heavy (non-hydrogen) atoms. The summed E-state index contributed by atoms with van der Waals surface area (Å²) in [6.07, 6.45) is 12.7. The Hall–Kier alpha value is -0.930. The highest BCUT2D eigenvalue weighted by Gasteiger charge is 2.23. The minimum absolute atomic E-state index is 0.589. The largest absolute Gasteiger partial charge is 0.326 e. The number of rotatable bonds is 4. The third-order valence-corrected chi connectivity index (χ3v) is 5.73. The van der Waals surface area contributed by atoms with Crippen LogP contribution >= 0.6 is 11.9 Å². The summed E-state index contributed by atoms with van der Waals surface area (Å²) in [6.45, 7) is 1.17. The van der Waals surface area contributed by atoms with Crippen molar-refractivity contribution in [3.05, 3.63) is 39.8 Å². The summed E-state index contributed by atoms with van der Waals surface area (Å²) in [5.41, 5.74) is 7.90. The van der Waals surface area contributed by atoms with Crippen LogP contribution in [0.5, 0.6) is 0 Å². The maximum absolute atomic E-state index is 3.67. The zero-order valence-corrected chi connectivity index (χ0v) is 13.4. The van der Waals surface area contributed by atoms with E-state index in [-0.39, 0.29) is 0 Å². The number of hydrogen-bond donors (Lipinski definition) is 2. The van der Waals surface area contributed by atoms with Crippen molar-refractivity contribution in [1.82, 2.24) is 5.32 Å². The summed E-state index contributed by atoms with van der Waals surface area (Å²) in [6, 6.07) is 3.09. The van der Waals surface area contributed by atoms with Crippen molar-refractivity contribution < 1.29 is 0 Å². The van der Waals surface area contributed by atoms with Crippen LogP contribution in [0.1, 0.15) is 47.9 Å². The number of hydrogen-bond acceptors (Lipinski definition) is 3. The number of anilines is 1. The van der Waals surface area contributed by atoms with E-state index >= 15 is 0 Å². The van der Waals surface area contributed by atoms with Gasteiger partial charge in [0.25, 0.3) is 0 Å². The Morgan fingerprint density at radius 3 is 2.48 bits per heavy atom.